The molecule has 1 aromatic heterocycles. The lowest BCUT2D eigenvalue weighted by atomic mass is 10.1. The first-order valence-corrected chi connectivity index (χ1v) is 6.79. The van der Waals surface area contributed by atoms with Gasteiger partial charge < -0.3 is 20.8 Å². The van der Waals surface area contributed by atoms with E-state index in [0.29, 0.717) is 6.42 Å². The van der Waals surface area contributed by atoms with Gasteiger partial charge in [0.05, 0.1) is 6.10 Å². The van der Waals surface area contributed by atoms with Gasteiger partial charge in [-0.25, -0.2) is 9.59 Å². The molecule has 21 heavy (non-hydrogen) atoms. The van der Waals surface area contributed by atoms with Gasteiger partial charge in [0.1, 0.15) is 6.04 Å². The Labute approximate surface area is 122 Å². The van der Waals surface area contributed by atoms with Gasteiger partial charge in [0.2, 0.25) is 0 Å². The van der Waals surface area contributed by atoms with E-state index in [-0.39, 0.29) is 6.10 Å². The molecule has 1 heterocycles. The minimum atomic E-state index is -0.802. The van der Waals surface area contributed by atoms with Crippen molar-refractivity contribution < 1.29 is 14.3 Å². The summed E-state index contributed by atoms with van der Waals surface area (Å²) in [7, 11) is 0. The lowest BCUT2D eigenvalue weighted by Crippen LogP contribution is -2.46. The maximum atomic E-state index is 12.0. The van der Waals surface area contributed by atoms with E-state index in [2.05, 4.69) is 10.3 Å². The number of carbonyl (C=O) groups is 2. The fourth-order valence-corrected chi connectivity index (χ4v) is 2.20. The Hall–Kier alpha value is -2.50. The number of primary amides is 1. The number of esters is 1. The fourth-order valence-electron chi connectivity index (χ4n) is 2.20. The maximum absolute atomic E-state index is 12.0. The highest BCUT2D eigenvalue weighted by Crippen LogP contribution is 2.19. The topological polar surface area (TPSA) is 97.2 Å². The molecule has 1 atom stereocenters. The van der Waals surface area contributed by atoms with Gasteiger partial charge in [-0.1, -0.05) is 18.2 Å². The van der Waals surface area contributed by atoms with Crippen molar-refractivity contribution in [1.82, 2.24) is 10.3 Å². The molecule has 112 valence electrons. The summed E-state index contributed by atoms with van der Waals surface area (Å²) >= 11 is 0. The van der Waals surface area contributed by atoms with Crippen LogP contribution in [-0.2, 0) is 16.0 Å². The van der Waals surface area contributed by atoms with Gasteiger partial charge in [0.25, 0.3) is 0 Å². The molecule has 1 aromatic carbocycles. The normalized spacial score (nSPS) is 12.3. The number of rotatable bonds is 5. The van der Waals surface area contributed by atoms with Crippen LogP contribution in [0.2, 0.25) is 0 Å². The molecule has 6 nitrogen and oxygen atoms in total. The number of fused-ring (bicyclic) bond motifs is 1. The van der Waals surface area contributed by atoms with Crippen molar-refractivity contribution in [3.63, 3.8) is 0 Å². The first kappa shape index (κ1) is 14.9. The molecule has 0 aliphatic rings. The van der Waals surface area contributed by atoms with E-state index in [1.165, 1.54) is 0 Å². The third-order valence-corrected chi connectivity index (χ3v) is 3.05. The number of hydrogen-bond donors (Lipinski definition) is 3. The van der Waals surface area contributed by atoms with E-state index in [0.717, 1.165) is 16.5 Å². The number of H-pyrrole nitrogens is 1. The van der Waals surface area contributed by atoms with Crippen LogP contribution >= 0.6 is 0 Å². The smallest absolute Gasteiger partial charge is 0.329 e. The third kappa shape index (κ3) is 3.75. The van der Waals surface area contributed by atoms with Crippen LogP contribution in [0.15, 0.2) is 30.5 Å². The van der Waals surface area contributed by atoms with Crippen LogP contribution in [0.25, 0.3) is 10.9 Å². The zero-order valence-electron chi connectivity index (χ0n) is 12.1. The van der Waals surface area contributed by atoms with E-state index >= 15 is 0 Å². The Balaban J connectivity index is 2.21. The highest BCUT2D eigenvalue weighted by atomic mass is 16.5. The van der Waals surface area contributed by atoms with Crippen LogP contribution < -0.4 is 11.1 Å². The van der Waals surface area contributed by atoms with E-state index in [4.69, 9.17) is 10.5 Å². The molecule has 0 saturated heterocycles. The van der Waals surface area contributed by atoms with Crippen LogP contribution in [0.5, 0.6) is 0 Å². The van der Waals surface area contributed by atoms with Crippen LogP contribution in [0.3, 0.4) is 0 Å². The summed E-state index contributed by atoms with van der Waals surface area (Å²) in [4.78, 5) is 26.3. The number of amides is 2. The molecule has 0 saturated carbocycles. The molecule has 0 radical (unpaired) electrons. The minimum Gasteiger partial charge on any atom is -0.461 e. The molecule has 0 fully saturated rings. The second-order valence-electron chi connectivity index (χ2n) is 5.11. The number of para-hydroxylation sites is 1. The molecular weight excluding hydrogens is 270 g/mol. The van der Waals surface area contributed by atoms with Crippen molar-refractivity contribution in [3.05, 3.63) is 36.0 Å². The van der Waals surface area contributed by atoms with Gasteiger partial charge in [0.15, 0.2) is 0 Å². The van der Waals surface area contributed by atoms with Crippen LogP contribution in [0, 0.1) is 0 Å². The molecule has 2 rings (SSSR count). The predicted octanol–water partition coefficient (Wildman–Crippen LogP) is 1.70. The van der Waals surface area contributed by atoms with Gasteiger partial charge in [-0.15, -0.1) is 0 Å². The van der Waals surface area contributed by atoms with Gasteiger partial charge in [0, 0.05) is 23.5 Å². The van der Waals surface area contributed by atoms with Crippen LogP contribution in [0.4, 0.5) is 4.79 Å². The molecular formula is C15H19N3O3. The SMILES string of the molecule is CC(C)OC(=O)[C@H](Cc1c[nH]c2ccccc12)NC(N)=O. The molecule has 2 aromatic rings. The number of hydrogen-bond acceptors (Lipinski definition) is 3. The second kappa shape index (κ2) is 6.30. The molecule has 0 spiro atoms. The van der Waals surface area contributed by atoms with Gasteiger partial charge in [-0.05, 0) is 25.5 Å². The Morgan fingerprint density at radius 2 is 2.05 bits per heavy atom. The average molecular weight is 289 g/mol. The summed E-state index contributed by atoms with van der Waals surface area (Å²) in [6.45, 7) is 3.51. The summed E-state index contributed by atoms with van der Waals surface area (Å²) < 4.78 is 5.15. The molecule has 6 heteroatoms. The number of ether oxygens (including phenoxy) is 1. The number of nitrogens with two attached hydrogens (primary N) is 1. The standard InChI is InChI=1S/C15H19N3O3/c1-9(2)21-14(19)13(18-15(16)20)7-10-8-17-12-6-4-3-5-11(10)12/h3-6,8-9,13,17H,7H2,1-2H3,(H3,16,18,20)/t13-/m0/s1. The number of urea groups is 1. The fraction of sp³-hybridized carbons (Fsp3) is 0.333. The minimum absolute atomic E-state index is 0.252. The van der Waals surface area contributed by atoms with Crippen molar-refractivity contribution in [2.24, 2.45) is 5.73 Å². The summed E-state index contributed by atoms with van der Waals surface area (Å²) in [5.41, 5.74) is 7.03. The van der Waals surface area contributed by atoms with Crippen molar-refractivity contribution >= 4 is 22.9 Å². The van der Waals surface area contributed by atoms with Crippen molar-refractivity contribution in [2.75, 3.05) is 0 Å². The van der Waals surface area contributed by atoms with Gasteiger partial charge >= 0.3 is 12.0 Å². The van der Waals surface area contributed by atoms with Crippen LogP contribution in [0.1, 0.15) is 19.4 Å². The lowest BCUT2D eigenvalue weighted by molar-refractivity contribution is -0.149. The largest absolute Gasteiger partial charge is 0.461 e. The van der Waals surface area contributed by atoms with Crippen LogP contribution in [-0.4, -0.2) is 29.1 Å². The quantitative estimate of drug-likeness (QED) is 0.731. The summed E-state index contributed by atoms with van der Waals surface area (Å²) in [6, 6.07) is 6.19. The lowest BCUT2D eigenvalue weighted by Gasteiger charge is -2.17. The highest BCUT2D eigenvalue weighted by molar-refractivity contribution is 5.86. The Bertz CT molecular complexity index is 648. The number of aromatic amines is 1. The van der Waals surface area contributed by atoms with Crippen molar-refractivity contribution in [2.45, 2.75) is 32.4 Å². The third-order valence-electron chi connectivity index (χ3n) is 3.05. The molecule has 0 aliphatic heterocycles. The number of benzene rings is 1. The molecule has 0 unspecified atom stereocenters. The van der Waals surface area contributed by atoms with Gasteiger partial charge in [-0.3, -0.25) is 0 Å². The van der Waals surface area contributed by atoms with E-state index in [1.54, 1.807) is 13.8 Å². The molecule has 0 bridgehead atoms. The zero-order valence-corrected chi connectivity index (χ0v) is 12.1. The zero-order chi connectivity index (χ0) is 15.4. The van der Waals surface area contributed by atoms with Crippen molar-refractivity contribution in [3.8, 4) is 0 Å². The molecule has 4 N–H and O–H groups in total. The number of aromatic nitrogens is 1. The first-order valence-electron chi connectivity index (χ1n) is 6.79. The first-order chi connectivity index (χ1) is 9.97. The van der Waals surface area contributed by atoms with Crippen molar-refractivity contribution in [1.29, 1.82) is 0 Å². The Morgan fingerprint density at radius 1 is 1.33 bits per heavy atom. The van der Waals surface area contributed by atoms with E-state index in [9.17, 15) is 9.59 Å². The molecule has 0 aliphatic carbocycles. The average Bonchev–Trinajstić information content (AvgIpc) is 2.80. The molecule has 2 amide bonds. The number of carbonyl (C=O) groups excluding carboxylic acids is 2. The summed E-state index contributed by atoms with van der Waals surface area (Å²) in [5.74, 6) is -0.492. The Morgan fingerprint density at radius 3 is 2.71 bits per heavy atom. The van der Waals surface area contributed by atoms with E-state index < -0.39 is 18.0 Å². The number of nitrogens with one attached hydrogen (secondary N) is 2. The second-order valence-corrected chi connectivity index (χ2v) is 5.11. The summed E-state index contributed by atoms with van der Waals surface area (Å²) in [6.07, 6.45) is 1.89. The Kier molecular flexibility index (Phi) is 4.47. The van der Waals surface area contributed by atoms with E-state index in [1.807, 2.05) is 30.5 Å². The monoisotopic (exact) mass is 289 g/mol. The summed E-state index contributed by atoms with van der Waals surface area (Å²) in [5, 5.41) is 3.44. The highest BCUT2D eigenvalue weighted by Gasteiger charge is 2.23. The predicted molar refractivity (Wildman–Crippen MR) is 79.7 cm³/mol. The van der Waals surface area contributed by atoms with Gasteiger partial charge in [-0.2, -0.15) is 0 Å². The maximum Gasteiger partial charge on any atom is 0.329 e.